The minimum atomic E-state index is -0.517. The van der Waals surface area contributed by atoms with Crippen LogP contribution in [0, 0.1) is 0 Å². The molecule has 1 N–H and O–H groups in total. The number of thiazole rings is 1. The molecule has 0 fully saturated rings. The van der Waals surface area contributed by atoms with Crippen LogP contribution in [0.5, 0.6) is 0 Å². The Morgan fingerprint density at radius 3 is 3.07 bits per heavy atom. The number of hydrogen-bond donors (Lipinski definition) is 1. The van der Waals surface area contributed by atoms with E-state index >= 15 is 0 Å². The van der Waals surface area contributed by atoms with Gasteiger partial charge in [0.25, 0.3) is 0 Å². The number of carbonyl (C=O) groups is 1. The largest absolute Gasteiger partial charge is 0.450 e. The highest BCUT2D eigenvalue weighted by molar-refractivity contribution is 7.21. The summed E-state index contributed by atoms with van der Waals surface area (Å²) in [6, 6.07) is 0. The molecule has 15 heavy (non-hydrogen) atoms. The van der Waals surface area contributed by atoms with Gasteiger partial charge in [-0.25, -0.2) is 14.8 Å². The van der Waals surface area contributed by atoms with E-state index in [2.05, 4.69) is 20.3 Å². The minimum absolute atomic E-state index is 0.327. The molecule has 0 saturated heterocycles. The van der Waals surface area contributed by atoms with Gasteiger partial charge in [-0.3, -0.25) is 5.32 Å². The Balaban J connectivity index is 2.18. The number of ether oxygens (including phenoxy) is 1. The second-order valence-corrected chi connectivity index (χ2v) is 3.53. The van der Waals surface area contributed by atoms with Crippen molar-refractivity contribution in [1.82, 2.24) is 15.0 Å². The molecular formula is C8H8N4O2S. The van der Waals surface area contributed by atoms with Crippen molar-refractivity contribution in [2.24, 2.45) is 0 Å². The summed E-state index contributed by atoms with van der Waals surface area (Å²) in [6.45, 7) is 2.06. The maximum atomic E-state index is 11.1. The van der Waals surface area contributed by atoms with Gasteiger partial charge in [0, 0.05) is 12.4 Å². The molecule has 2 heterocycles. The third kappa shape index (κ3) is 2.18. The quantitative estimate of drug-likeness (QED) is 0.839. The van der Waals surface area contributed by atoms with Gasteiger partial charge in [0.05, 0.1) is 6.61 Å². The highest BCUT2D eigenvalue weighted by atomic mass is 32.1. The molecule has 0 unspecified atom stereocenters. The predicted octanol–water partition coefficient (Wildman–Crippen LogP) is 1.65. The Labute approximate surface area is 89.3 Å². The van der Waals surface area contributed by atoms with Crippen LogP contribution in [-0.4, -0.2) is 27.7 Å². The number of anilines is 1. The molecule has 7 heteroatoms. The van der Waals surface area contributed by atoms with Crippen molar-refractivity contribution in [3.8, 4) is 0 Å². The number of nitrogens with zero attached hydrogens (tertiary/aromatic N) is 3. The van der Waals surface area contributed by atoms with E-state index < -0.39 is 6.09 Å². The lowest BCUT2D eigenvalue weighted by Crippen LogP contribution is -2.12. The molecule has 0 aliphatic heterocycles. The third-order valence-corrected chi connectivity index (χ3v) is 2.40. The van der Waals surface area contributed by atoms with Crippen molar-refractivity contribution in [3.63, 3.8) is 0 Å². The first-order valence-electron chi connectivity index (χ1n) is 4.31. The number of aromatic nitrogens is 3. The van der Waals surface area contributed by atoms with Crippen LogP contribution in [0.25, 0.3) is 10.5 Å². The van der Waals surface area contributed by atoms with E-state index in [9.17, 15) is 4.79 Å². The van der Waals surface area contributed by atoms with Crippen LogP contribution >= 0.6 is 11.3 Å². The third-order valence-electron chi connectivity index (χ3n) is 1.53. The number of amides is 1. The van der Waals surface area contributed by atoms with Gasteiger partial charge in [-0.1, -0.05) is 11.3 Å². The average Bonchev–Trinajstić information content (AvgIpc) is 2.59. The summed E-state index contributed by atoms with van der Waals surface area (Å²) < 4.78 is 4.72. The zero-order chi connectivity index (χ0) is 10.7. The Hall–Kier alpha value is -1.76. The number of nitrogens with one attached hydrogen (secondary N) is 1. The van der Waals surface area contributed by atoms with E-state index in [1.54, 1.807) is 19.3 Å². The number of fused-ring (bicyclic) bond motifs is 1. The fourth-order valence-electron chi connectivity index (χ4n) is 0.985. The maximum Gasteiger partial charge on any atom is 0.413 e. The first kappa shape index (κ1) is 9.78. The summed E-state index contributed by atoms with van der Waals surface area (Å²) in [7, 11) is 0. The van der Waals surface area contributed by atoms with E-state index in [1.807, 2.05) is 0 Å². The van der Waals surface area contributed by atoms with Gasteiger partial charge < -0.3 is 4.74 Å². The van der Waals surface area contributed by atoms with Gasteiger partial charge >= 0.3 is 6.09 Å². The van der Waals surface area contributed by atoms with Crippen molar-refractivity contribution in [2.45, 2.75) is 6.92 Å². The van der Waals surface area contributed by atoms with Crippen molar-refractivity contribution in [3.05, 3.63) is 12.4 Å². The lowest BCUT2D eigenvalue weighted by molar-refractivity contribution is 0.168. The molecule has 0 spiro atoms. The molecule has 0 radical (unpaired) electrons. The van der Waals surface area contributed by atoms with E-state index in [0.717, 1.165) is 0 Å². The molecule has 2 aromatic heterocycles. The SMILES string of the molecule is CCOC(=O)Nc1nc2nccnc2s1. The molecule has 2 aromatic rings. The molecule has 0 aliphatic carbocycles. The second-order valence-electron chi connectivity index (χ2n) is 2.55. The van der Waals surface area contributed by atoms with Crippen LogP contribution in [0.15, 0.2) is 12.4 Å². The lowest BCUT2D eigenvalue weighted by atomic mass is 10.7. The summed E-state index contributed by atoms with van der Waals surface area (Å²) in [5, 5.41) is 2.94. The second kappa shape index (κ2) is 4.18. The summed E-state index contributed by atoms with van der Waals surface area (Å²) >= 11 is 1.25. The average molecular weight is 224 g/mol. The Morgan fingerprint density at radius 1 is 1.53 bits per heavy atom. The zero-order valence-corrected chi connectivity index (χ0v) is 8.74. The van der Waals surface area contributed by atoms with Crippen LogP contribution < -0.4 is 5.32 Å². The molecule has 0 aliphatic rings. The Morgan fingerprint density at radius 2 is 2.33 bits per heavy atom. The Bertz CT molecular complexity index is 451. The van der Waals surface area contributed by atoms with Crippen molar-refractivity contribution in [1.29, 1.82) is 0 Å². The Kier molecular flexibility index (Phi) is 2.72. The fraction of sp³-hybridized carbons (Fsp3) is 0.250. The first-order chi connectivity index (χ1) is 7.29. The summed E-state index contributed by atoms with van der Waals surface area (Å²) in [6.07, 6.45) is 2.61. The van der Waals surface area contributed by atoms with E-state index in [0.29, 0.717) is 22.2 Å². The van der Waals surface area contributed by atoms with Crippen LogP contribution in [0.3, 0.4) is 0 Å². The smallest absolute Gasteiger partial charge is 0.413 e. The van der Waals surface area contributed by atoms with Crippen LogP contribution in [0.2, 0.25) is 0 Å². The zero-order valence-electron chi connectivity index (χ0n) is 7.93. The predicted molar refractivity (Wildman–Crippen MR) is 55.9 cm³/mol. The van der Waals surface area contributed by atoms with Crippen LogP contribution in [-0.2, 0) is 4.74 Å². The van der Waals surface area contributed by atoms with Gasteiger partial charge in [-0.05, 0) is 6.92 Å². The van der Waals surface area contributed by atoms with Gasteiger partial charge in [0.1, 0.15) is 0 Å². The van der Waals surface area contributed by atoms with Gasteiger partial charge in [-0.15, -0.1) is 0 Å². The fourth-order valence-corrected chi connectivity index (χ4v) is 1.74. The molecule has 78 valence electrons. The number of hydrogen-bond acceptors (Lipinski definition) is 6. The van der Waals surface area contributed by atoms with Gasteiger partial charge in [-0.2, -0.15) is 4.98 Å². The highest BCUT2D eigenvalue weighted by Gasteiger charge is 2.08. The molecular weight excluding hydrogens is 216 g/mol. The number of rotatable bonds is 2. The molecule has 0 atom stereocenters. The topological polar surface area (TPSA) is 77.0 Å². The molecule has 0 bridgehead atoms. The normalized spacial score (nSPS) is 10.2. The monoisotopic (exact) mass is 224 g/mol. The van der Waals surface area contributed by atoms with Crippen molar-refractivity contribution < 1.29 is 9.53 Å². The van der Waals surface area contributed by atoms with E-state index in [1.165, 1.54) is 11.3 Å². The standard InChI is InChI=1S/C8H8N4O2S/c1-2-14-8(13)12-7-11-5-6(15-7)10-4-3-9-5/h3-4H,2H2,1H3,(H,9,11,12,13). The van der Waals surface area contributed by atoms with Gasteiger partial charge in [0.15, 0.2) is 15.6 Å². The van der Waals surface area contributed by atoms with Crippen molar-refractivity contribution >= 4 is 33.0 Å². The first-order valence-corrected chi connectivity index (χ1v) is 5.12. The minimum Gasteiger partial charge on any atom is -0.450 e. The molecule has 0 saturated carbocycles. The van der Waals surface area contributed by atoms with Crippen LogP contribution in [0.4, 0.5) is 9.93 Å². The lowest BCUT2D eigenvalue weighted by Gasteiger charge is -1.99. The number of carbonyl (C=O) groups excluding carboxylic acids is 1. The summed E-state index contributed by atoms with van der Waals surface area (Å²) in [4.78, 5) is 23.9. The van der Waals surface area contributed by atoms with Crippen molar-refractivity contribution in [2.75, 3.05) is 11.9 Å². The summed E-state index contributed by atoms with van der Waals surface area (Å²) in [5.74, 6) is 0. The molecule has 2 rings (SSSR count). The molecule has 0 aromatic carbocycles. The van der Waals surface area contributed by atoms with E-state index in [-0.39, 0.29) is 0 Å². The molecule has 6 nitrogen and oxygen atoms in total. The van der Waals surface area contributed by atoms with Gasteiger partial charge in [0.2, 0.25) is 0 Å². The van der Waals surface area contributed by atoms with Crippen LogP contribution in [0.1, 0.15) is 6.92 Å². The highest BCUT2D eigenvalue weighted by Crippen LogP contribution is 2.21. The molecule has 1 amide bonds. The summed E-state index contributed by atoms with van der Waals surface area (Å²) in [5.41, 5.74) is 0.522. The van der Waals surface area contributed by atoms with E-state index in [4.69, 9.17) is 4.74 Å². The maximum absolute atomic E-state index is 11.1.